The second kappa shape index (κ2) is 8.14. The number of rotatable bonds is 6. The van der Waals surface area contributed by atoms with Gasteiger partial charge in [-0.25, -0.2) is 18.2 Å². The van der Waals surface area contributed by atoms with Crippen LogP contribution in [0.2, 0.25) is 0 Å². The molecule has 0 N–H and O–H groups in total. The predicted octanol–water partition coefficient (Wildman–Crippen LogP) is 6.73. The molecule has 31 heavy (non-hydrogen) atoms. The maximum atomic E-state index is 14.3. The van der Waals surface area contributed by atoms with E-state index in [4.69, 9.17) is 4.74 Å². The Morgan fingerprint density at radius 1 is 0.903 bits per heavy atom. The molecule has 0 aliphatic rings. The first kappa shape index (κ1) is 21.0. The highest BCUT2D eigenvalue weighted by atomic mass is 32.1. The van der Waals surface area contributed by atoms with Crippen molar-refractivity contribution in [2.75, 3.05) is 0 Å². The van der Waals surface area contributed by atoms with E-state index in [1.54, 1.807) is 0 Å². The smallest absolute Gasteiger partial charge is 0.426 e. The Kier molecular flexibility index (Phi) is 5.53. The maximum Gasteiger partial charge on any atom is 0.426 e. The Bertz CT molecular complexity index is 1220. The van der Waals surface area contributed by atoms with E-state index >= 15 is 0 Å². The fraction of sp³-hybridized carbons (Fsp3) is 0.136. The van der Waals surface area contributed by atoms with Gasteiger partial charge < -0.3 is 9.47 Å². The number of alkyl halides is 2. The van der Waals surface area contributed by atoms with Crippen LogP contribution >= 0.6 is 11.3 Å². The topological polar surface area (TPSA) is 31.4 Å². The van der Waals surface area contributed by atoms with E-state index in [1.165, 1.54) is 23.5 Å². The molecule has 0 amide bonds. The monoisotopic (exact) mass is 451 g/mol. The van der Waals surface area contributed by atoms with E-state index in [0.29, 0.717) is 17.9 Å². The molecule has 0 bridgehead atoms. The lowest BCUT2D eigenvalue weighted by molar-refractivity contribution is -0.185. The molecule has 4 aromatic rings. The van der Waals surface area contributed by atoms with Crippen molar-refractivity contribution < 1.29 is 31.4 Å². The van der Waals surface area contributed by atoms with E-state index in [-0.39, 0.29) is 6.61 Å². The van der Waals surface area contributed by atoms with Crippen molar-refractivity contribution in [3.63, 3.8) is 0 Å². The lowest BCUT2D eigenvalue weighted by Crippen LogP contribution is -2.22. The first-order valence-corrected chi connectivity index (χ1v) is 9.84. The highest BCUT2D eigenvalue weighted by molar-refractivity contribution is 7.18. The third-order valence-corrected chi connectivity index (χ3v) is 5.34. The summed E-state index contributed by atoms with van der Waals surface area (Å²) in [5.41, 5.74) is 1.41. The molecule has 0 radical (unpaired) electrons. The Balaban J connectivity index is 1.44. The van der Waals surface area contributed by atoms with Gasteiger partial charge in [-0.1, -0.05) is 6.07 Å². The average molecular weight is 451 g/mol. The number of ether oxygens (including phenoxy) is 2. The number of hydrogen-bond acceptors (Lipinski definition) is 4. The van der Waals surface area contributed by atoms with Crippen LogP contribution in [-0.2, 0) is 12.7 Å². The van der Waals surface area contributed by atoms with Crippen molar-refractivity contribution in [1.29, 1.82) is 0 Å². The van der Waals surface area contributed by atoms with Gasteiger partial charge in [0.2, 0.25) is 0 Å². The van der Waals surface area contributed by atoms with Gasteiger partial charge in [-0.15, -0.1) is 11.3 Å². The summed E-state index contributed by atoms with van der Waals surface area (Å²) >= 11 is 1.48. The number of hydrogen-bond donors (Lipinski definition) is 0. The minimum atomic E-state index is -3.90. The lowest BCUT2D eigenvalue weighted by atomic mass is 10.2. The van der Waals surface area contributed by atoms with Gasteiger partial charge in [0, 0.05) is 12.1 Å². The predicted molar refractivity (Wildman–Crippen MR) is 106 cm³/mol. The van der Waals surface area contributed by atoms with Crippen molar-refractivity contribution >= 4 is 21.6 Å². The standard InChI is InChI=1S/C22H14F5NO2S/c1-12-2-7-18-19(8-12)31-20(28-18)11-29-14-5-3-13(4-6-14)22(26,27)30-15-9-16(23)21(25)17(24)10-15/h2-10H,11H2,1H3. The summed E-state index contributed by atoms with van der Waals surface area (Å²) in [6.45, 7) is 2.15. The van der Waals surface area contributed by atoms with E-state index < -0.39 is 34.9 Å². The van der Waals surface area contributed by atoms with Crippen LogP contribution in [0.5, 0.6) is 11.5 Å². The molecular weight excluding hydrogens is 437 g/mol. The first-order chi connectivity index (χ1) is 14.7. The normalized spacial score (nSPS) is 11.7. The van der Waals surface area contributed by atoms with Crippen molar-refractivity contribution in [2.24, 2.45) is 0 Å². The Morgan fingerprint density at radius 2 is 1.58 bits per heavy atom. The highest BCUT2D eigenvalue weighted by Crippen LogP contribution is 2.34. The van der Waals surface area contributed by atoms with Crippen LogP contribution in [-0.4, -0.2) is 4.98 Å². The minimum absolute atomic E-state index is 0.165. The van der Waals surface area contributed by atoms with Crippen LogP contribution < -0.4 is 9.47 Å². The highest BCUT2D eigenvalue weighted by Gasteiger charge is 2.35. The van der Waals surface area contributed by atoms with Gasteiger partial charge in [0.15, 0.2) is 17.5 Å². The van der Waals surface area contributed by atoms with Crippen LogP contribution in [0.25, 0.3) is 10.2 Å². The summed E-state index contributed by atoms with van der Waals surface area (Å²) in [4.78, 5) is 4.46. The molecule has 0 spiro atoms. The quantitative estimate of drug-likeness (QED) is 0.241. The molecule has 0 saturated carbocycles. The number of thiazole rings is 1. The van der Waals surface area contributed by atoms with Gasteiger partial charge in [-0.05, 0) is 48.9 Å². The molecule has 0 fully saturated rings. The SMILES string of the molecule is Cc1ccc2nc(COc3ccc(C(F)(F)Oc4cc(F)c(F)c(F)c4)cc3)sc2c1. The van der Waals surface area contributed by atoms with Gasteiger partial charge in [0.1, 0.15) is 23.1 Å². The van der Waals surface area contributed by atoms with Crippen LogP contribution in [0.3, 0.4) is 0 Å². The zero-order chi connectivity index (χ0) is 22.2. The van der Waals surface area contributed by atoms with Crippen molar-refractivity contribution in [3.05, 3.63) is 88.2 Å². The summed E-state index contributed by atoms with van der Waals surface area (Å²) < 4.78 is 79.1. The van der Waals surface area contributed by atoms with Gasteiger partial charge in [0.25, 0.3) is 0 Å². The molecule has 3 nitrogen and oxygen atoms in total. The van der Waals surface area contributed by atoms with Gasteiger partial charge in [-0.3, -0.25) is 0 Å². The zero-order valence-corrected chi connectivity index (χ0v) is 16.8. The Labute approximate surface area is 177 Å². The van der Waals surface area contributed by atoms with Crippen molar-refractivity contribution in [3.8, 4) is 11.5 Å². The largest absolute Gasteiger partial charge is 0.486 e. The summed E-state index contributed by atoms with van der Waals surface area (Å²) in [5.74, 6) is -5.53. The zero-order valence-electron chi connectivity index (χ0n) is 16.0. The Morgan fingerprint density at radius 3 is 2.26 bits per heavy atom. The van der Waals surface area contributed by atoms with Crippen molar-refractivity contribution in [2.45, 2.75) is 19.6 Å². The van der Waals surface area contributed by atoms with E-state index in [9.17, 15) is 22.0 Å². The lowest BCUT2D eigenvalue weighted by Gasteiger charge is -2.18. The summed E-state index contributed by atoms with van der Waals surface area (Å²) in [5, 5.41) is 0.735. The molecule has 1 aromatic heterocycles. The van der Waals surface area contributed by atoms with Gasteiger partial charge in [0.05, 0.1) is 15.8 Å². The number of nitrogens with zero attached hydrogens (tertiary/aromatic N) is 1. The third kappa shape index (κ3) is 4.61. The molecule has 0 aliphatic carbocycles. The van der Waals surface area contributed by atoms with Crippen LogP contribution in [0.15, 0.2) is 54.6 Å². The number of aryl methyl sites for hydroxylation is 1. The fourth-order valence-corrected chi connectivity index (χ4v) is 3.81. The summed E-state index contributed by atoms with van der Waals surface area (Å²) in [7, 11) is 0. The van der Waals surface area contributed by atoms with E-state index in [1.807, 2.05) is 25.1 Å². The maximum absolute atomic E-state index is 14.3. The molecule has 4 rings (SSSR count). The third-order valence-electron chi connectivity index (χ3n) is 4.34. The average Bonchev–Trinajstić information content (AvgIpc) is 3.12. The van der Waals surface area contributed by atoms with E-state index in [2.05, 4.69) is 9.72 Å². The second-order valence-corrected chi connectivity index (χ2v) is 7.83. The number of fused-ring (bicyclic) bond motifs is 1. The van der Waals surface area contributed by atoms with Gasteiger partial charge in [-0.2, -0.15) is 8.78 Å². The molecule has 0 unspecified atom stereocenters. The molecule has 0 atom stereocenters. The molecule has 3 aromatic carbocycles. The molecule has 0 aliphatic heterocycles. The number of aromatic nitrogens is 1. The van der Waals surface area contributed by atoms with Crippen LogP contribution in [0, 0.1) is 24.4 Å². The van der Waals surface area contributed by atoms with Crippen LogP contribution in [0.1, 0.15) is 16.1 Å². The number of benzene rings is 3. The molecule has 160 valence electrons. The molecule has 0 saturated heterocycles. The van der Waals surface area contributed by atoms with Gasteiger partial charge >= 0.3 is 6.11 Å². The Hall–Kier alpha value is -3.20. The number of halogens is 5. The summed E-state index contributed by atoms with van der Waals surface area (Å²) in [6.07, 6.45) is -3.90. The van der Waals surface area contributed by atoms with Crippen molar-refractivity contribution in [1.82, 2.24) is 4.98 Å². The van der Waals surface area contributed by atoms with Crippen LogP contribution in [0.4, 0.5) is 22.0 Å². The fourth-order valence-electron chi connectivity index (χ4n) is 2.83. The van der Waals surface area contributed by atoms with E-state index in [0.717, 1.165) is 32.9 Å². The molecule has 9 heteroatoms. The molecular formula is C22H14F5NO2S. The molecule has 1 heterocycles. The summed E-state index contributed by atoms with van der Waals surface area (Å²) in [6, 6.07) is 11.4. The minimum Gasteiger partial charge on any atom is -0.486 e. The first-order valence-electron chi connectivity index (χ1n) is 9.02. The second-order valence-electron chi connectivity index (χ2n) is 6.71.